The Morgan fingerprint density at radius 3 is 2.71 bits per heavy atom. The van der Waals surface area contributed by atoms with Gasteiger partial charge < -0.3 is 19.3 Å². The zero-order valence-electron chi connectivity index (χ0n) is 16.3. The van der Waals surface area contributed by atoms with Gasteiger partial charge in [0.05, 0.1) is 11.2 Å². The van der Waals surface area contributed by atoms with E-state index >= 15 is 0 Å². The van der Waals surface area contributed by atoms with E-state index in [1.165, 1.54) is 19.3 Å². The van der Waals surface area contributed by atoms with Crippen molar-refractivity contribution in [3.8, 4) is 0 Å². The van der Waals surface area contributed by atoms with Crippen LogP contribution in [0, 0.1) is 16.7 Å². The number of hydrogen-bond acceptors (Lipinski definition) is 7. The number of epoxide rings is 1. The molecule has 152 valence electrons. The molecule has 0 aromatic heterocycles. The zero-order valence-corrected chi connectivity index (χ0v) is 17.1. The molecule has 2 aliphatic carbocycles. The monoisotopic (exact) mass is 408 g/mol. The predicted octanol–water partition coefficient (Wildman–Crippen LogP) is 0.633. The Bertz CT molecular complexity index is 891. The predicted molar refractivity (Wildman–Crippen MR) is 98.5 cm³/mol. The molecule has 3 fully saturated rings. The maximum atomic E-state index is 12.7. The van der Waals surface area contributed by atoms with Crippen LogP contribution in [0.4, 0.5) is 0 Å². The molecule has 5 aliphatic rings. The Morgan fingerprint density at radius 2 is 2.04 bits per heavy atom. The first-order valence-corrected chi connectivity index (χ1v) is 11.2. The summed E-state index contributed by atoms with van der Waals surface area (Å²) in [6, 6.07) is 0. The van der Waals surface area contributed by atoms with Gasteiger partial charge in [-0.15, -0.1) is 0 Å². The minimum atomic E-state index is -1.55. The molecule has 7 nitrogen and oxygen atoms in total. The van der Waals surface area contributed by atoms with Crippen molar-refractivity contribution in [2.45, 2.75) is 56.7 Å². The van der Waals surface area contributed by atoms with E-state index in [0.717, 1.165) is 5.57 Å². The summed E-state index contributed by atoms with van der Waals surface area (Å²) < 4.78 is 29.4. The van der Waals surface area contributed by atoms with Gasteiger partial charge in [0.1, 0.15) is 17.8 Å². The molecule has 1 spiro atoms. The Labute approximate surface area is 165 Å². The molecule has 0 aromatic rings. The van der Waals surface area contributed by atoms with Crippen LogP contribution in [0.1, 0.15) is 27.2 Å². The average Bonchev–Trinajstić information content (AvgIpc) is 3.22. The first-order valence-electron chi connectivity index (χ1n) is 9.49. The van der Waals surface area contributed by atoms with Crippen LogP contribution >= 0.6 is 0 Å². The smallest absolute Gasteiger partial charge is 0.331 e. The normalized spacial score (nSPS) is 51.0. The molecule has 2 saturated heterocycles. The second kappa shape index (κ2) is 5.15. The summed E-state index contributed by atoms with van der Waals surface area (Å²) in [4.78, 5) is 25.2. The van der Waals surface area contributed by atoms with Crippen molar-refractivity contribution < 1.29 is 33.1 Å². The van der Waals surface area contributed by atoms with E-state index in [0.29, 0.717) is 6.42 Å². The lowest BCUT2D eigenvalue weighted by Crippen LogP contribution is -2.64. The minimum absolute atomic E-state index is 0.0573. The summed E-state index contributed by atoms with van der Waals surface area (Å²) in [5, 5.41) is 11.1. The maximum Gasteiger partial charge on any atom is 0.331 e. The molecule has 28 heavy (non-hydrogen) atoms. The Balaban J connectivity index is 1.68. The maximum absolute atomic E-state index is 12.7. The highest BCUT2D eigenvalue weighted by molar-refractivity contribution is 7.84. The number of allylic oxidation sites excluding steroid dienone is 1. The summed E-state index contributed by atoms with van der Waals surface area (Å²) in [6.07, 6.45) is 5.47. The first-order chi connectivity index (χ1) is 13.0. The van der Waals surface area contributed by atoms with Crippen molar-refractivity contribution in [3.63, 3.8) is 0 Å². The molecule has 0 unspecified atom stereocenters. The minimum Gasteiger partial charge on any atom is -0.458 e. The van der Waals surface area contributed by atoms with Crippen LogP contribution in [0.3, 0.4) is 0 Å². The van der Waals surface area contributed by atoms with Gasteiger partial charge in [-0.25, -0.2) is 4.79 Å². The second-order valence-electron chi connectivity index (χ2n) is 9.44. The first kappa shape index (κ1) is 18.5. The van der Waals surface area contributed by atoms with Gasteiger partial charge in [-0.2, -0.15) is 0 Å². The van der Waals surface area contributed by atoms with E-state index < -0.39 is 57.1 Å². The van der Waals surface area contributed by atoms with Crippen molar-refractivity contribution in [1.82, 2.24) is 0 Å². The summed E-state index contributed by atoms with van der Waals surface area (Å²) in [5.41, 5.74) is -3.18. The zero-order chi connectivity index (χ0) is 20.3. The number of hydrogen-bond donors (Lipinski definition) is 1. The van der Waals surface area contributed by atoms with E-state index in [2.05, 4.69) is 0 Å². The number of carbonyl (C=O) groups is 2. The van der Waals surface area contributed by atoms with Gasteiger partial charge in [-0.1, -0.05) is 19.1 Å². The molecule has 0 aromatic carbocycles. The number of aliphatic hydroxyl groups is 1. The molecule has 1 N–H and O–H groups in total. The fraction of sp³-hybridized carbons (Fsp3) is 0.700. The third-order valence-electron chi connectivity index (χ3n) is 7.32. The van der Waals surface area contributed by atoms with E-state index in [-0.39, 0.29) is 17.6 Å². The fourth-order valence-corrected chi connectivity index (χ4v) is 7.36. The number of rotatable bonds is 3. The van der Waals surface area contributed by atoms with Crippen LogP contribution in [-0.2, 0) is 34.6 Å². The third kappa shape index (κ3) is 1.99. The standard InChI is InChI=1S/C20H24O7S/c1-17-6-5-7-18(2)13(17)12(26-16(18)22)14-20(27-14)10(17)8-11(21)25-15(20)19(3,23)9-28(4)24/h5,7-8,12-15,23H,6,9H2,1-4H3/t12-,13+,14+,15+,17+,18+,19+,20-,28+/m0/s1. The van der Waals surface area contributed by atoms with E-state index in [9.17, 15) is 18.9 Å². The lowest BCUT2D eigenvalue weighted by Gasteiger charge is -2.53. The summed E-state index contributed by atoms with van der Waals surface area (Å²) in [5.74, 6) is -1.07. The highest BCUT2D eigenvalue weighted by atomic mass is 32.2. The molecule has 8 heteroatoms. The number of esters is 2. The second-order valence-corrected chi connectivity index (χ2v) is 10.9. The largest absolute Gasteiger partial charge is 0.458 e. The SMILES string of the molecule is C[S@@](=O)C[C@@](C)(O)[C@H]1OC(=O)C=C2[C@@]13O[C@@H]3[C@H]1OC(=O)[C@]3(C)C=CC[C@@]2(C)[C@@H]13. The molecular formula is C20H24O7S. The van der Waals surface area contributed by atoms with Gasteiger partial charge in [0.2, 0.25) is 0 Å². The van der Waals surface area contributed by atoms with Gasteiger partial charge in [0.15, 0.2) is 11.7 Å². The van der Waals surface area contributed by atoms with Crippen molar-refractivity contribution in [2.75, 3.05) is 12.0 Å². The summed E-state index contributed by atoms with van der Waals surface area (Å²) in [7, 11) is -1.31. The van der Waals surface area contributed by atoms with Gasteiger partial charge >= 0.3 is 11.9 Å². The van der Waals surface area contributed by atoms with Crippen molar-refractivity contribution in [3.05, 3.63) is 23.8 Å². The fourth-order valence-electron chi connectivity index (χ4n) is 6.38. The Morgan fingerprint density at radius 1 is 1.32 bits per heavy atom. The lowest BCUT2D eigenvalue weighted by molar-refractivity contribution is -0.168. The number of ether oxygens (including phenoxy) is 3. The number of fused-ring (bicyclic) bond motifs is 2. The van der Waals surface area contributed by atoms with Gasteiger partial charge in [0.25, 0.3) is 0 Å². The average molecular weight is 408 g/mol. The van der Waals surface area contributed by atoms with Crippen molar-refractivity contribution in [2.24, 2.45) is 16.7 Å². The molecule has 3 aliphatic heterocycles. The van der Waals surface area contributed by atoms with E-state index in [1.54, 1.807) is 0 Å². The topological polar surface area (TPSA) is 102 Å². The molecule has 0 bridgehead atoms. The van der Waals surface area contributed by atoms with Gasteiger partial charge in [0, 0.05) is 34.5 Å². The van der Waals surface area contributed by atoms with E-state index in [1.807, 2.05) is 26.0 Å². The van der Waals surface area contributed by atoms with Gasteiger partial charge in [-0.3, -0.25) is 9.00 Å². The quantitative estimate of drug-likeness (QED) is 0.415. The van der Waals surface area contributed by atoms with Crippen LogP contribution < -0.4 is 0 Å². The molecule has 0 radical (unpaired) electrons. The van der Waals surface area contributed by atoms with Crippen LogP contribution in [-0.4, -0.2) is 62.8 Å². The molecule has 1 saturated carbocycles. The molecule has 5 rings (SSSR count). The third-order valence-corrected chi connectivity index (χ3v) is 8.31. The van der Waals surface area contributed by atoms with Crippen molar-refractivity contribution >= 4 is 22.7 Å². The summed E-state index contributed by atoms with van der Waals surface area (Å²) >= 11 is 0. The number of cyclic esters (lactones) is 1. The number of carbonyl (C=O) groups excluding carboxylic acids is 2. The van der Waals surface area contributed by atoms with Crippen molar-refractivity contribution in [1.29, 1.82) is 0 Å². The van der Waals surface area contributed by atoms with Gasteiger partial charge in [-0.05, 0) is 25.8 Å². The Hall–Kier alpha value is -1.51. The highest BCUT2D eigenvalue weighted by Crippen LogP contribution is 2.72. The lowest BCUT2D eigenvalue weighted by atomic mass is 9.49. The Kier molecular flexibility index (Phi) is 3.40. The molecular weight excluding hydrogens is 384 g/mol. The van der Waals surface area contributed by atoms with Crippen LogP contribution in [0.2, 0.25) is 0 Å². The van der Waals surface area contributed by atoms with Crippen LogP contribution in [0.5, 0.6) is 0 Å². The van der Waals surface area contributed by atoms with Crippen LogP contribution in [0.15, 0.2) is 23.8 Å². The highest BCUT2D eigenvalue weighted by Gasteiger charge is 2.83. The molecule has 0 amide bonds. The summed E-state index contributed by atoms with van der Waals surface area (Å²) in [6.45, 7) is 5.42. The van der Waals surface area contributed by atoms with Crippen LogP contribution in [0.25, 0.3) is 0 Å². The van der Waals surface area contributed by atoms with E-state index in [4.69, 9.17) is 14.2 Å². The molecule has 3 heterocycles. The molecule has 9 atom stereocenters.